The van der Waals surface area contributed by atoms with Crippen LogP contribution in [0.2, 0.25) is 0 Å². The van der Waals surface area contributed by atoms with Crippen molar-refractivity contribution in [1.82, 2.24) is 5.32 Å². The van der Waals surface area contributed by atoms with Gasteiger partial charge in [-0.15, -0.1) is 0 Å². The van der Waals surface area contributed by atoms with Gasteiger partial charge in [0.2, 0.25) is 0 Å². The summed E-state index contributed by atoms with van der Waals surface area (Å²) in [4.78, 5) is 0. The third-order valence-electron chi connectivity index (χ3n) is 3.48. The first-order valence-electron chi connectivity index (χ1n) is 6.62. The fourth-order valence-corrected chi connectivity index (χ4v) is 2.67. The summed E-state index contributed by atoms with van der Waals surface area (Å²) in [5.74, 6) is 0.844. The molecule has 1 unspecified atom stereocenters. The molecule has 0 aliphatic carbocycles. The van der Waals surface area contributed by atoms with Crippen molar-refractivity contribution >= 4 is 15.9 Å². The van der Waals surface area contributed by atoms with Crippen molar-refractivity contribution in [1.29, 1.82) is 0 Å². The summed E-state index contributed by atoms with van der Waals surface area (Å²) in [6.45, 7) is 1.87. The number of aliphatic hydroxyl groups excluding tert-OH is 1. The van der Waals surface area contributed by atoms with E-state index in [1.807, 2.05) is 42.5 Å². The van der Waals surface area contributed by atoms with Crippen LogP contribution in [-0.4, -0.2) is 11.7 Å². The molecular formula is C16H16BrNO2. The van der Waals surface area contributed by atoms with Crippen LogP contribution >= 0.6 is 15.9 Å². The van der Waals surface area contributed by atoms with Gasteiger partial charge in [0.1, 0.15) is 12.4 Å². The number of ether oxygens (including phenoxy) is 1. The van der Waals surface area contributed by atoms with Crippen LogP contribution in [0, 0.1) is 0 Å². The highest BCUT2D eigenvalue weighted by Crippen LogP contribution is 2.30. The molecule has 1 atom stereocenters. The zero-order chi connectivity index (χ0) is 13.9. The molecule has 2 N–H and O–H groups in total. The highest BCUT2D eigenvalue weighted by atomic mass is 79.9. The van der Waals surface area contributed by atoms with Gasteiger partial charge in [-0.1, -0.05) is 40.2 Å². The molecule has 0 saturated heterocycles. The standard InChI is InChI=1S/C16H16BrNO2/c17-12-6-4-11(5-7-12)10-20-16-3-1-2-13-14(16)8-18-9-15(13)19/h1-7,15,18-19H,8-10H2. The molecule has 0 fully saturated rings. The van der Waals surface area contributed by atoms with Gasteiger partial charge in [0.25, 0.3) is 0 Å². The van der Waals surface area contributed by atoms with E-state index in [0.717, 1.165) is 33.5 Å². The fraction of sp³-hybridized carbons (Fsp3) is 0.250. The van der Waals surface area contributed by atoms with E-state index in [4.69, 9.17) is 4.74 Å². The minimum atomic E-state index is -0.449. The van der Waals surface area contributed by atoms with Gasteiger partial charge < -0.3 is 15.2 Å². The van der Waals surface area contributed by atoms with Gasteiger partial charge in [0.15, 0.2) is 0 Å². The number of fused-ring (bicyclic) bond motifs is 1. The van der Waals surface area contributed by atoms with E-state index in [2.05, 4.69) is 21.2 Å². The molecule has 20 heavy (non-hydrogen) atoms. The first-order chi connectivity index (χ1) is 9.74. The molecule has 0 amide bonds. The molecule has 1 aliphatic rings. The lowest BCUT2D eigenvalue weighted by Crippen LogP contribution is -2.28. The molecule has 3 nitrogen and oxygen atoms in total. The largest absolute Gasteiger partial charge is 0.489 e. The highest BCUT2D eigenvalue weighted by Gasteiger charge is 2.20. The molecule has 0 bridgehead atoms. The zero-order valence-electron chi connectivity index (χ0n) is 11.0. The predicted molar refractivity (Wildman–Crippen MR) is 81.6 cm³/mol. The third-order valence-corrected chi connectivity index (χ3v) is 4.00. The summed E-state index contributed by atoms with van der Waals surface area (Å²) in [7, 11) is 0. The number of β-amino-alcohol motifs (C(OH)–C–C–N with tert-alkyl or cyclic N) is 1. The van der Waals surface area contributed by atoms with E-state index in [1.54, 1.807) is 0 Å². The SMILES string of the molecule is OC1CNCc2c(OCc3ccc(Br)cc3)cccc21. The molecule has 4 heteroatoms. The smallest absolute Gasteiger partial charge is 0.124 e. The maximum Gasteiger partial charge on any atom is 0.124 e. The minimum Gasteiger partial charge on any atom is -0.489 e. The molecule has 2 aromatic carbocycles. The van der Waals surface area contributed by atoms with Crippen LogP contribution in [0.5, 0.6) is 5.75 Å². The molecule has 0 spiro atoms. The minimum absolute atomic E-state index is 0.449. The average molecular weight is 334 g/mol. The molecule has 2 aromatic rings. The molecule has 0 aromatic heterocycles. The lowest BCUT2D eigenvalue weighted by molar-refractivity contribution is 0.163. The maximum atomic E-state index is 9.98. The number of hydrogen-bond donors (Lipinski definition) is 2. The van der Waals surface area contributed by atoms with Gasteiger partial charge >= 0.3 is 0 Å². The van der Waals surface area contributed by atoms with Crippen molar-refractivity contribution in [3.05, 3.63) is 63.6 Å². The average Bonchev–Trinajstić information content (AvgIpc) is 2.47. The number of aliphatic hydroxyl groups is 1. The molecule has 1 heterocycles. The van der Waals surface area contributed by atoms with Crippen molar-refractivity contribution in [3.63, 3.8) is 0 Å². The molecule has 104 valence electrons. The predicted octanol–water partition coefficient (Wildman–Crippen LogP) is 3.16. The van der Waals surface area contributed by atoms with Crippen LogP contribution in [0.1, 0.15) is 22.8 Å². The van der Waals surface area contributed by atoms with Crippen molar-refractivity contribution in [2.75, 3.05) is 6.54 Å². The molecule has 0 saturated carbocycles. The molecule has 0 radical (unpaired) electrons. The topological polar surface area (TPSA) is 41.5 Å². The van der Waals surface area contributed by atoms with Crippen molar-refractivity contribution in [2.45, 2.75) is 19.3 Å². The van der Waals surface area contributed by atoms with Gasteiger partial charge in [-0.05, 0) is 29.3 Å². The van der Waals surface area contributed by atoms with Gasteiger partial charge in [0, 0.05) is 23.1 Å². The summed E-state index contributed by atoms with van der Waals surface area (Å²) < 4.78 is 6.97. The summed E-state index contributed by atoms with van der Waals surface area (Å²) in [5.41, 5.74) is 3.15. The quantitative estimate of drug-likeness (QED) is 0.906. The summed E-state index contributed by atoms with van der Waals surface area (Å²) in [5, 5.41) is 13.2. The van der Waals surface area contributed by atoms with Gasteiger partial charge in [-0.3, -0.25) is 0 Å². The maximum absolute atomic E-state index is 9.98. The Kier molecular flexibility index (Phi) is 4.05. The number of rotatable bonds is 3. The van der Waals surface area contributed by atoms with Crippen LogP contribution in [0.3, 0.4) is 0 Å². The number of benzene rings is 2. The number of halogens is 1. The second-order valence-electron chi connectivity index (χ2n) is 4.89. The normalized spacial score (nSPS) is 17.6. The zero-order valence-corrected chi connectivity index (χ0v) is 12.6. The van der Waals surface area contributed by atoms with Crippen LogP contribution in [0.25, 0.3) is 0 Å². The Morgan fingerprint density at radius 3 is 2.80 bits per heavy atom. The monoisotopic (exact) mass is 333 g/mol. The van der Waals surface area contributed by atoms with Crippen molar-refractivity contribution < 1.29 is 9.84 Å². The van der Waals surface area contributed by atoms with E-state index in [-0.39, 0.29) is 0 Å². The Hall–Kier alpha value is -1.36. The second-order valence-corrected chi connectivity index (χ2v) is 5.80. The van der Waals surface area contributed by atoms with Crippen LogP contribution in [0.15, 0.2) is 46.9 Å². The summed E-state index contributed by atoms with van der Waals surface area (Å²) in [6, 6.07) is 13.9. The third kappa shape index (κ3) is 2.87. The van der Waals surface area contributed by atoms with Gasteiger partial charge in [-0.2, -0.15) is 0 Å². The molecule has 1 aliphatic heterocycles. The lowest BCUT2D eigenvalue weighted by atomic mass is 9.98. The first-order valence-corrected chi connectivity index (χ1v) is 7.41. The number of nitrogens with one attached hydrogen (secondary N) is 1. The fourth-order valence-electron chi connectivity index (χ4n) is 2.40. The Balaban J connectivity index is 1.78. The van der Waals surface area contributed by atoms with E-state index in [9.17, 15) is 5.11 Å². The summed E-state index contributed by atoms with van der Waals surface area (Å²) in [6.07, 6.45) is -0.449. The van der Waals surface area contributed by atoms with Crippen LogP contribution in [0.4, 0.5) is 0 Å². The van der Waals surface area contributed by atoms with Gasteiger partial charge in [-0.25, -0.2) is 0 Å². The number of hydrogen-bond acceptors (Lipinski definition) is 3. The van der Waals surface area contributed by atoms with Gasteiger partial charge in [0.05, 0.1) is 6.10 Å². The second kappa shape index (κ2) is 5.95. The van der Waals surface area contributed by atoms with Crippen LogP contribution in [-0.2, 0) is 13.2 Å². The van der Waals surface area contributed by atoms with E-state index < -0.39 is 6.10 Å². The summed E-state index contributed by atoms with van der Waals surface area (Å²) >= 11 is 3.42. The van der Waals surface area contributed by atoms with E-state index in [1.165, 1.54) is 0 Å². The molecular weight excluding hydrogens is 318 g/mol. The Morgan fingerprint density at radius 1 is 1.20 bits per heavy atom. The van der Waals surface area contributed by atoms with Crippen molar-refractivity contribution in [3.8, 4) is 5.75 Å². The van der Waals surface area contributed by atoms with E-state index >= 15 is 0 Å². The molecule has 3 rings (SSSR count). The first kappa shape index (κ1) is 13.6. The lowest BCUT2D eigenvalue weighted by Gasteiger charge is -2.24. The Morgan fingerprint density at radius 2 is 2.00 bits per heavy atom. The Bertz CT molecular complexity index is 598. The highest BCUT2D eigenvalue weighted by molar-refractivity contribution is 9.10. The van der Waals surface area contributed by atoms with Crippen molar-refractivity contribution in [2.24, 2.45) is 0 Å². The van der Waals surface area contributed by atoms with E-state index in [0.29, 0.717) is 13.2 Å². The Labute approximate surface area is 126 Å². The van der Waals surface area contributed by atoms with Crippen LogP contribution < -0.4 is 10.1 Å².